The number of nitrogens with one attached hydrogen (secondary N) is 1. The minimum atomic E-state index is 0. The first-order valence-electron chi connectivity index (χ1n) is 28.5. The molecule has 404 valence electrons. The molecule has 1 aliphatic carbocycles. The largest absolute Gasteiger partial charge is 0.397 e. The fourth-order valence-electron chi connectivity index (χ4n) is 8.59. The van der Waals surface area contributed by atoms with E-state index in [0.29, 0.717) is 0 Å². The summed E-state index contributed by atoms with van der Waals surface area (Å²) in [6.07, 6.45) is 27.0. The molecule has 3 N–H and O–H groups in total. The van der Waals surface area contributed by atoms with Gasteiger partial charge in [0.15, 0.2) is 5.71 Å². The summed E-state index contributed by atoms with van der Waals surface area (Å²) >= 11 is 0. The van der Waals surface area contributed by atoms with Gasteiger partial charge in [0.25, 0.3) is 0 Å². The zero-order chi connectivity index (χ0) is 52.5. The van der Waals surface area contributed by atoms with Crippen LogP contribution in [-0.2, 0) is 0 Å². The molecule has 8 nitrogen and oxygen atoms in total. The van der Waals surface area contributed by atoms with Crippen molar-refractivity contribution in [3.05, 3.63) is 115 Å². The number of aryl methyl sites for hydroxylation is 1. The third-order valence-corrected chi connectivity index (χ3v) is 13.1. The molecule has 1 aliphatic rings. The number of unbranched alkanes of at least 4 members (excludes halogenated alkanes) is 7. The second-order valence-electron chi connectivity index (χ2n) is 19.6. The van der Waals surface area contributed by atoms with Gasteiger partial charge in [-0.15, -0.1) is 0 Å². The van der Waals surface area contributed by atoms with Crippen LogP contribution in [0.25, 0.3) is 0 Å². The number of rotatable bonds is 29. The molecule has 4 aromatic carbocycles. The van der Waals surface area contributed by atoms with Crippen molar-refractivity contribution >= 4 is 62.6 Å². The van der Waals surface area contributed by atoms with E-state index < -0.39 is 0 Å². The second-order valence-corrected chi connectivity index (χ2v) is 19.6. The maximum atomic E-state index is 6.87. The Labute approximate surface area is 448 Å². The Kier molecular flexibility index (Phi) is 32.5. The number of hydrogen-bond donors (Lipinski definition) is 2. The summed E-state index contributed by atoms with van der Waals surface area (Å²) in [4.78, 5) is 14.6. The van der Waals surface area contributed by atoms with Crippen molar-refractivity contribution in [3.8, 4) is 0 Å². The Morgan fingerprint density at radius 2 is 0.932 bits per heavy atom. The smallest absolute Gasteiger partial charge is 0.200 e. The highest BCUT2D eigenvalue weighted by Gasteiger charge is 2.18. The molecule has 0 saturated heterocycles. The standard InChI is InChI=1S/C45H65N6.C16H28N2.C3H8.CH4/c1-7-12-31-48(6)43-29-30-45(44(46)36-43)51(42-27-25-40(26-28-42)50(34-15-10-4)35-16-11-5)41-23-19-38(20-24-41)47-37-17-21-39(22-18-37)49(32-13-8-2)33-14-9-3;1-5-7-11-18(12-8-6-2)15-10-9-14(3)16(13-15)17-4;1-3-2;/h17-30,36H,7-16,31-35,46H2,1-6H3;9-10,13,17H,5-8,11-12H2,1-4H3;3H2,1-2H3;1H4/q+1;;;. The summed E-state index contributed by atoms with van der Waals surface area (Å²) in [6, 6.07) is 30.8. The van der Waals surface area contributed by atoms with Crippen molar-refractivity contribution in [1.82, 2.24) is 0 Å². The van der Waals surface area contributed by atoms with E-state index >= 15 is 0 Å². The monoisotopic (exact) mass is 998 g/mol. The van der Waals surface area contributed by atoms with Gasteiger partial charge >= 0.3 is 0 Å². The van der Waals surface area contributed by atoms with E-state index in [1.807, 2.05) is 7.05 Å². The molecule has 5 rings (SSSR count). The van der Waals surface area contributed by atoms with Gasteiger partial charge in [-0.1, -0.05) is 127 Å². The molecule has 8 heteroatoms. The van der Waals surface area contributed by atoms with E-state index in [-0.39, 0.29) is 7.43 Å². The third-order valence-electron chi connectivity index (χ3n) is 13.1. The number of hydrogen-bond acceptors (Lipinski definition) is 7. The van der Waals surface area contributed by atoms with Crippen LogP contribution in [0.2, 0.25) is 0 Å². The highest BCUT2D eigenvalue weighted by molar-refractivity contribution is 6.17. The van der Waals surface area contributed by atoms with E-state index in [9.17, 15) is 0 Å². The van der Waals surface area contributed by atoms with Crippen LogP contribution in [0.5, 0.6) is 0 Å². The Bertz CT molecular complexity index is 2160. The first-order chi connectivity index (χ1) is 35.1. The van der Waals surface area contributed by atoms with Gasteiger partial charge in [0.05, 0.1) is 22.8 Å². The molecule has 0 spiro atoms. The minimum Gasteiger partial charge on any atom is -0.397 e. The lowest BCUT2D eigenvalue weighted by Crippen LogP contribution is -2.25. The Morgan fingerprint density at radius 1 is 0.507 bits per heavy atom. The summed E-state index contributed by atoms with van der Waals surface area (Å²) in [6.45, 7) is 29.9. The second kappa shape index (κ2) is 37.3. The molecule has 0 atom stereocenters. The predicted molar refractivity (Wildman–Crippen MR) is 331 cm³/mol. The van der Waals surface area contributed by atoms with Gasteiger partial charge < -0.3 is 30.7 Å². The maximum Gasteiger partial charge on any atom is 0.200 e. The van der Waals surface area contributed by atoms with Gasteiger partial charge in [0.1, 0.15) is 13.1 Å². The molecule has 0 heterocycles. The highest BCUT2D eigenvalue weighted by Crippen LogP contribution is 2.40. The van der Waals surface area contributed by atoms with Crippen molar-refractivity contribution in [2.75, 3.05) is 90.6 Å². The Morgan fingerprint density at radius 3 is 1.40 bits per heavy atom. The van der Waals surface area contributed by atoms with Crippen molar-refractivity contribution in [2.24, 2.45) is 4.99 Å². The average Bonchev–Trinajstić information content (AvgIpc) is 3.40. The zero-order valence-corrected chi connectivity index (χ0v) is 47.7. The molecule has 0 amide bonds. The molecule has 0 fully saturated rings. The molecule has 0 saturated carbocycles. The summed E-state index contributed by atoms with van der Waals surface area (Å²) < 4.78 is 2.52. The van der Waals surface area contributed by atoms with Crippen LogP contribution in [0.4, 0.5) is 51.2 Å². The highest BCUT2D eigenvalue weighted by atomic mass is 15.2. The molecule has 4 aromatic rings. The lowest BCUT2D eigenvalue weighted by Gasteiger charge is -2.29. The molecular weight excluding hydrogens is 893 g/mol. The maximum absolute atomic E-state index is 6.87. The first-order valence-corrected chi connectivity index (χ1v) is 28.5. The van der Waals surface area contributed by atoms with E-state index in [2.05, 4.69) is 215 Å². The number of anilines is 8. The van der Waals surface area contributed by atoms with E-state index in [0.717, 1.165) is 79.0 Å². The third kappa shape index (κ3) is 21.9. The fourth-order valence-corrected chi connectivity index (χ4v) is 8.59. The van der Waals surface area contributed by atoms with Crippen molar-refractivity contribution in [2.45, 2.75) is 173 Å². The topological polar surface area (TPSA) is 66.4 Å². The van der Waals surface area contributed by atoms with Gasteiger partial charge in [-0.25, -0.2) is 9.57 Å². The number of allylic oxidation sites excluding steroid dienone is 4. The van der Waals surface area contributed by atoms with Crippen molar-refractivity contribution in [3.63, 3.8) is 0 Å². The fraction of sp³-hybridized carbons (Fsp3) is 0.538. The van der Waals surface area contributed by atoms with Gasteiger partial charge in [0, 0.05) is 106 Å². The van der Waals surface area contributed by atoms with Gasteiger partial charge in [-0.3, -0.25) is 0 Å². The van der Waals surface area contributed by atoms with Gasteiger partial charge in [-0.05, 0) is 136 Å². The normalized spacial score (nSPS) is 11.5. The van der Waals surface area contributed by atoms with Crippen molar-refractivity contribution < 1.29 is 4.58 Å². The van der Waals surface area contributed by atoms with Crippen LogP contribution in [-0.4, -0.2) is 75.9 Å². The molecule has 73 heavy (non-hydrogen) atoms. The Hall–Kier alpha value is -5.50. The molecular formula is C65H105N8+. The summed E-state index contributed by atoms with van der Waals surface area (Å²) in [7, 11) is 4.14. The number of nitrogens with zero attached hydrogens (tertiary/aromatic N) is 6. The molecule has 0 radical (unpaired) electrons. The van der Waals surface area contributed by atoms with Crippen LogP contribution in [0.15, 0.2) is 114 Å². The van der Waals surface area contributed by atoms with Crippen LogP contribution >= 0.6 is 0 Å². The summed E-state index contributed by atoms with van der Waals surface area (Å²) in [5, 5.41) is 3.28. The minimum absolute atomic E-state index is 0. The molecule has 0 aromatic heterocycles. The summed E-state index contributed by atoms with van der Waals surface area (Å²) in [5.74, 6) is 0. The van der Waals surface area contributed by atoms with Crippen LogP contribution in [0.3, 0.4) is 0 Å². The number of nitrogens with two attached hydrogens (primary N) is 1. The Balaban J connectivity index is 0.000000693. The number of aliphatic imine (C=N–C) groups is 1. The van der Waals surface area contributed by atoms with E-state index in [4.69, 9.17) is 10.7 Å². The number of nitrogen functional groups attached to an aromatic ring is 1. The quantitative estimate of drug-likeness (QED) is 0.0321. The molecule has 0 bridgehead atoms. The predicted octanol–water partition coefficient (Wildman–Crippen LogP) is 18.1. The number of benzene rings is 4. The average molecular weight is 999 g/mol. The lowest BCUT2D eigenvalue weighted by atomic mass is 10.1. The van der Waals surface area contributed by atoms with Crippen LogP contribution < -0.4 is 30.7 Å². The van der Waals surface area contributed by atoms with Crippen LogP contribution in [0, 0.1) is 6.92 Å². The van der Waals surface area contributed by atoms with Gasteiger partial charge in [0.2, 0.25) is 0 Å². The van der Waals surface area contributed by atoms with Gasteiger partial charge in [-0.2, -0.15) is 0 Å². The van der Waals surface area contributed by atoms with Crippen LogP contribution in [0.1, 0.15) is 172 Å². The lowest BCUT2D eigenvalue weighted by molar-refractivity contribution is -0.527. The molecule has 0 unspecified atom stereocenters. The first kappa shape index (κ1) is 63.6. The zero-order valence-electron chi connectivity index (χ0n) is 47.7. The van der Waals surface area contributed by atoms with Crippen molar-refractivity contribution in [1.29, 1.82) is 0 Å². The summed E-state index contributed by atoms with van der Waals surface area (Å²) in [5.41, 5.74) is 20.2. The SMILES string of the molecule is C.CCC.CCCCN(C)c1ccc(N(c2ccc(N=C3C=CC(=[N+](CCCC)CCCC)C=C3)cc2)c2ccc(N(CCCC)CCCC)cc2)c(N)c1.CCCCN(CCCC)c1ccc(C)c(NC)c1. The van der Waals surface area contributed by atoms with E-state index in [1.165, 1.54) is 131 Å². The van der Waals surface area contributed by atoms with E-state index in [1.54, 1.807) is 0 Å². The molecule has 0 aliphatic heterocycles.